The van der Waals surface area contributed by atoms with Crippen molar-refractivity contribution in [3.63, 3.8) is 0 Å². The molecule has 0 spiro atoms. The van der Waals surface area contributed by atoms with Crippen LogP contribution in [0.4, 0.5) is 0 Å². The van der Waals surface area contributed by atoms with E-state index in [-0.39, 0.29) is 5.41 Å². The molecule has 2 aromatic heterocycles. The van der Waals surface area contributed by atoms with Crippen molar-refractivity contribution in [2.75, 3.05) is 13.2 Å². The van der Waals surface area contributed by atoms with Gasteiger partial charge in [0.25, 0.3) is 0 Å². The second-order valence-corrected chi connectivity index (χ2v) is 8.74. The summed E-state index contributed by atoms with van der Waals surface area (Å²) < 4.78 is 0. The van der Waals surface area contributed by atoms with E-state index in [1.165, 1.54) is 0 Å². The molecule has 0 unspecified atom stereocenters. The fourth-order valence-electron chi connectivity index (χ4n) is 3.29. The number of rotatable bonds is 7. The van der Waals surface area contributed by atoms with E-state index in [4.69, 9.17) is 9.68 Å². The van der Waals surface area contributed by atoms with Crippen molar-refractivity contribution in [2.45, 2.75) is 60.8 Å². The van der Waals surface area contributed by atoms with E-state index < -0.39 is 0 Å². The van der Waals surface area contributed by atoms with Gasteiger partial charge in [0.1, 0.15) is 30.5 Å². The molecule has 3 rings (SSSR count). The van der Waals surface area contributed by atoms with Crippen LogP contribution in [0.25, 0.3) is 0 Å². The summed E-state index contributed by atoms with van der Waals surface area (Å²) in [7, 11) is 0. The number of nitrogens with zero attached hydrogens (tertiary/aromatic N) is 5. The van der Waals surface area contributed by atoms with Crippen LogP contribution in [0.1, 0.15) is 67.6 Å². The Kier molecular flexibility index (Phi) is 6.80. The van der Waals surface area contributed by atoms with Gasteiger partial charge in [-0.3, -0.25) is 4.98 Å². The molecule has 0 saturated carbocycles. The van der Waals surface area contributed by atoms with Gasteiger partial charge in [-0.2, -0.15) is 0 Å². The minimum atomic E-state index is -0.247. The number of hydrogen-bond acceptors (Lipinski definition) is 7. The summed E-state index contributed by atoms with van der Waals surface area (Å²) in [5.74, 6) is 0.753. The molecule has 7 nitrogen and oxygen atoms in total. The molecular formula is C23H31N5O2. The molecule has 0 bridgehead atoms. The summed E-state index contributed by atoms with van der Waals surface area (Å²) in [4.78, 5) is 24.6. The molecule has 0 radical (unpaired) electrons. The van der Waals surface area contributed by atoms with Crippen LogP contribution in [-0.4, -0.2) is 39.6 Å². The highest BCUT2D eigenvalue weighted by atomic mass is 16.6. The van der Waals surface area contributed by atoms with E-state index in [1.807, 2.05) is 46.0 Å². The maximum atomic E-state index is 5.70. The first-order valence-electron chi connectivity index (χ1n) is 10.4. The zero-order valence-electron chi connectivity index (χ0n) is 18.8. The Morgan fingerprint density at radius 3 is 2.60 bits per heavy atom. The molecule has 160 valence electrons. The molecule has 0 aromatic carbocycles. The van der Waals surface area contributed by atoms with Gasteiger partial charge in [0.05, 0.1) is 11.4 Å². The summed E-state index contributed by atoms with van der Waals surface area (Å²) in [5.41, 5.74) is 6.43. The first kappa shape index (κ1) is 21.9. The van der Waals surface area contributed by atoms with Crippen molar-refractivity contribution in [1.29, 1.82) is 0 Å². The highest BCUT2D eigenvalue weighted by molar-refractivity contribution is 6.00. The Morgan fingerprint density at radius 2 is 1.83 bits per heavy atom. The Morgan fingerprint density at radius 1 is 1.07 bits per heavy atom. The lowest BCUT2D eigenvalue weighted by Crippen LogP contribution is -2.25. The summed E-state index contributed by atoms with van der Waals surface area (Å²) >= 11 is 0. The van der Waals surface area contributed by atoms with Gasteiger partial charge in [-0.05, 0) is 70.2 Å². The molecule has 1 aliphatic carbocycles. The van der Waals surface area contributed by atoms with E-state index in [9.17, 15) is 0 Å². The zero-order valence-corrected chi connectivity index (χ0v) is 18.8. The maximum absolute atomic E-state index is 5.70. The van der Waals surface area contributed by atoms with E-state index in [0.29, 0.717) is 13.2 Å². The van der Waals surface area contributed by atoms with Crippen molar-refractivity contribution >= 4 is 11.4 Å². The van der Waals surface area contributed by atoms with Crippen LogP contribution >= 0.6 is 0 Å². The van der Waals surface area contributed by atoms with Crippen molar-refractivity contribution < 1.29 is 9.68 Å². The first-order valence-corrected chi connectivity index (χ1v) is 10.4. The molecular weight excluding hydrogens is 378 g/mol. The van der Waals surface area contributed by atoms with Gasteiger partial charge in [0.15, 0.2) is 0 Å². The van der Waals surface area contributed by atoms with E-state index >= 15 is 0 Å². The lowest BCUT2D eigenvalue weighted by molar-refractivity contribution is -0.000160. The minimum absolute atomic E-state index is 0.247. The van der Waals surface area contributed by atoms with Crippen molar-refractivity contribution in [3.05, 3.63) is 52.4 Å². The van der Waals surface area contributed by atoms with Crippen molar-refractivity contribution in [3.8, 4) is 0 Å². The maximum Gasteiger partial charge on any atom is 0.125 e. The molecule has 0 amide bonds. The fraction of sp³-hybridized carbons (Fsp3) is 0.522. The molecule has 0 aliphatic heterocycles. The van der Waals surface area contributed by atoms with Crippen LogP contribution < -0.4 is 0 Å². The zero-order chi connectivity index (χ0) is 21.7. The molecule has 0 N–H and O–H groups in total. The van der Waals surface area contributed by atoms with Crippen LogP contribution in [0.15, 0.2) is 28.6 Å². The first-order chi connectivity index (χ1) is 14.2. The summed E-state index contributed by atoms with van der Waals surface area (Å²) in [6.07, 6.45) is 4.79. The number of fused-ring (bicyclic) bond motifs is 1. The molecule has 2 aromatic rings. The predicted octanol–water partition coefficient (Wildman–Crippen LogP) is 4.32. The average Bonchev–Trinajstić information content (AvgIpc) is 2.67. The van der Waals surface area contributed by atoms with Crippen LogP contribution in [0.5, 0.6) is 0 Å². The van der Waals surface area contributed by atoms with Crippen LogP contribution in [0.3, 0.4) is 0 Å². The molecule has 0 saturated heterocycles. The van der Waals surface area contributed by atoms with Gasteiger partial charge in [0, 0.05) is 17.3 Å². The van der Waals surface area contributed by atoms with Gasteiger partial charge in [-0.1, -0.05) is 24.2 Å². The number of aryl methyl sites for hydroxylation is 4. The number of aromatic nitrogens is 3. The molecule has 7 heteroatoms. The minimum Gasteiger partial charge on any atom is -0.395 e. The van der Waals surface area contributed by atoms with Gasteiger partial charge < -0.3 is 9.68 Å². The summed E-state index contributed by atoms with van der Waals surface area (Å²) in [6.45, 7) is 12.8. The monoisotopic (exact) mass is 409 g/mol. The third-order valence-electron chi connectivity index (χ3n) is 4.87. The number of oxime groups is 2. The summed E-state index contributed by atoms with van der Waals surface area (Å²) in [6, 6.07) is 4.05. The third kappa shape index (κ3) is 5.84. The van der Waals surface area contributed by atoms with Crippen molar-refractivity contribution in [2.24, 2.45) is 15.7 Å². The highest BCUT2D eigenvalue weighted by Gasteiger charge is 2.22. The third-order valence-corrected chi connectivity index (χ3v) is 4.87. The Balaban J connectivity index is 1.56. The second kappa shape index (κ2) is 9.32. The average molecular weight is 410 g/mol. The number of pyridine rings is 1. The quantitative estimate of drug-likeness (QED) is 0.502. The van der Waals surface area contributed by atoms with Crippen molar-refractivity contribution in [1.82, 2.24) is 15.0 Å². The molecule has 0 atom stereocenters. The van der Waals surface area contributed by atoms with Crippen LogP contribution in [0.2, 0.25) is 0 Å². The van der Waals surface area contributed by atoms with Gasteiger partial charge in [-0.15, -0.1) is 0 Å². The Bertz CT molecular complexity index is 946. The molecule has 1 aliphatic rings. The highest BCUT2D eigenvalue weighted by Crippen LogP contribution is 2.21. The van der Waals surface area contributed by atoms with Crippen LogP contribution in [-0.2, 0) is 16.1 Å². The fourth-order valence-corrected chi connectivity index (χ4v) is 3.29. The SMILES string of the molecule is C/C(=N\OCC(C)(C)CO/N=C1\CCCc2cnc(C)nc21)c1cc(C)cc(C)n1. The summed E-state index contributed by atoms with van der Waals surface area (Å²) in [5, 5.41) is 8.63. The van der Waals surface area contributed by atoms with Gasteiger partial charge in [0.2, 0.25) is 0 Å². The smallest absolute Gasteiger partial charge is 0.125 e. The van der Waals surface area contributed by atoms with Gasteiger partial charge in [-0.25, -0.2) is 9.97 Å². The molecule has 30 heavy (non-hydrogen) atoms. The predicted molar refractivity (Wildman–Crippen MR) is 118 cm³/mol. The van der Waals surface area contributed by atoms with E-state index in [1.54, 1.807) is 0 Å². The van der Waals surface area contributed by atoms with Crippen LogP contribution in [0, 0.1) is 26.2 Å². The second-order valence-electron chi connectivity index (χ2n) is 8.74. The molecule has 2 heterocycles. The Hall–Kier alpha value is -2.83. The normalized spacial score (nSPS) is 15.8. The topological polar surface area (TPSA) is 81.9 Å². The molecule has 0 fully saturated rings. The van der Waals surface area contributed by atoms with E-state index in [2.05, 4.69) is 39.1 Å². The standard InChI is InChI=1S/C23H31N5O2/c1-15-10-16(2)25-21(11-15)17(3)27-29-13-23(5,6)14-30-28-20-9-7-8-19-12-24-18(4)26-22(19)20/h10-12H,7-9,13-14H2,1-6H3/b27-17+,28-20+. The van der Waals surface area contributed by atoms with Gasteiger partial charge >= 0.3 is 0 Å². The number of hydrogen-bond donors (Lipinski definition) is 0. The lowest BCUT2D eigenvalue weighted by atomic mass is 9.95. The Labute approximate surface area is 178 Å². The lowest BCUT2D eigenvalue weighted by Gasteiger charge is -2.22. The van der Waals surface area contributed by atoms with E-state index in [0.717, 1.165) is 64.7 Å². The largest absolute Gasteiger partial charge is 0.395 e.